The van der Waals surface area contributed by atoms with Gasteiger partial charge in [-0.05, 0) is 34.1 Å². The van der Waals surface area contributed by atoms with E-state index in [2.05, 4.69) is 20.2 Å². The van der Waals surface area contributed by atoms with Gasteiger partial charge in [-0.2, -0.15) is 9.61 Å². The van der Waals surface area contributed by atoms with Gasteiger partial charge in [0.25, 0.3) is 0 Å². The Hall–Kier alpha value is -1.95. The summed E-state index contributed by atoms with van der Waals surface area (Å²) >= 11 is 0. The molecule has 3 heterocycles. The summed E-state index contributed by atoms with van der Waals surface area (Å²) in [7, 11) is -1.68. The maximum atomic E-state index is 11.2. The van der Waals surface area contributed by atoms with Crippen molar-refractivity contribution in [1.29, 1.82) is 0 Å². The number of nitrogens with zero attached hydrogens (tertiary/aromatic N) is 6. The third-order valence-corrected chi connectivity index (χ3v) is 6.97. The predicted molar refractivity (Wildman–Crippen MR) is 120 cm³/mol. The van der Waals surface area contributed by atoms with Crippen LogP contribution in [0.2, 0.25) is 0 Å². The smallest absolute Gasteiger partial charge is 0.347 e. The van der Waals surface area contributed by atoms with Crippen LogP contribution in [-0.4, -0.2) is 77.7 Å². The first kappa shape index (κ1) is 24.7. The number of rotatable bonds is 10. The van der Waals surface area contributed by atoms with Crippen molar-refractivity contribution in [2.24, 2.45) is 5.16 Å². The molecule has 0 aromatic carbocycles. The fourth-order valence-electron chi connectivity index (χ4n) is 3.66. The standard InChI is InChI=1S/C19H32N7O5P/c1-6-7-24-31-32(26(11(2)3)12(4)5)30-17-14(9-27)29-16(15(17)28)13-8-23-25-18(13)21-10-22-19(25)20/h7-8,10-12,14-17,27-28H,6,9H2,1-5H3,(H2,20,21,22)/b24-7+. The van der Waals surface area contributed by atoms with Crippen LogP contribution in [0.15, 0.2) is 17.7 Å². The number of aliphatic hydroxyl groups is 2. The zero-order chi connectivity index (χ0) is 23.4. The Labute approximate surface area is 188 Å². The summed E-state index contributed by atoms with van der Waals surface area (Å²) in [5.74, 6) is 0.162. The summed E-state index contributed by atoms with van der Waals surface area (Å²) in [5, 5.41) is 29.3. The Bertz CT molecular complexity index is 903. The predicted octanol–water partition coefficient (Wildman–Crippen LogP) is 1.64. The molecule has 12 nitrogen and oxygen atoms in total. The second kappa shape index (κ2) is 10.8. The molecule has 1 saturated heterocycles. The van der Waals surface area contributed by atoms with E-state index >= 15 is 0 Å². The Morgan fingerprint density at radius 2 is 2.06 bits per heavy atom. The Balaban J connectivity index is 1.89. The SMILES string of the molecule is CC/C=N/OP(OC1C(CO)OC(c2cnn3c(N)ncnc23)C1O)N(C(C)C)C(C)C. The fraction of sp³-hybridized carbons (Fsp3) is 0.684. The molecule has 0 aliphatic carbocycles. The quantitative estimate of drug-likeness (QED) is 0.266. The molecule has 0 saturated carbocycles. The summed E-state index contributed by atoms with van der Waals surface area (Å²) in [6, 6.07) is 0.195. The average molecular weight is 469 g/mol. The molecule has 32 heavy (non-hydrogen) atoms. The normalized spacial score (nSPS) is 25.1. The van der Waals surface area contributed by atoms with E-state index in [1.807, 2.05) is 39.3 Å². The van der Waals surface area contributed by atoms with Crippen LogP contribution in [-0.2, 0) is 13.9 Å². The minimum Gasteiger partial charge on any atom is -0.394 e. The van der Waals surface area contributed by atoms with Gasteiger partial charge in [0.2, 0.25) is 5.95 Å². The summed E-state index contributed by atoms with van der Waals surface area (Å²) < 4.78 is 21.4. The number of anilines is 1. The van der Waals surface area contributed by atoms with Crippen LogP contribution in [0.5, 0.6) is 0 Å². The van der Waals surface area contributed by atoms with E-state index in [1.54, 1.807) is 6.21 Å². The van der Waals surface area contributed by atoms with Crippen LogP contribution in [0.4, 0.5) is 5.95 Å². The number of hydrogen-bond donors (Lipinski definition) is 3. The molecule has 1 fully saturated rings. The highest BCUT2D eigenvalue weighted by Gasteiger charge is 2.49. The molecular weight excluding hydrogens is 437 g/mol. The third kappa shape index (κ3) is 5.00. The molecule has 3 rings (SSSR count). The van der Waals surface area contributed by atoms with Gasteiger partial charge >= 0.3 is 8.53 Å². The lowest BCUT2D eigenvalue weighted by Gasteiger charge is -2.35. The lowest BCUT2D eigenvalue weighted by molar-refractivity contribution is -0.0203. The molecule has 5 unspecified atom stereocenters. The number of aliphatic hydroxyl groups excluding tert-OH is 2. The van der Waals surface area contributed by atoms with E-state index in [0.717, 1.165) is 0 Å². The molecule has 0 amide bonds. The highest BCUT2D eigenvalue weighted by atomic mass is 31.2. The van der Waals surface area contributed by atoms with Crippen molar-refractivity contribution in [3.8, 4) is 0 Å². The first-order valence-electron chi connectivity index (χ1n) is 10.6. The van der Waals surface area contributed by atoms with Crippen molar-refractivity contribution in [3.05, 3.63) is 18.1 Å². The first-order chi connectivity index (χ1) is 15.3. The third-order valence-electron chi connectivity index (χ3n) is 5.01. The van der Waals surface area contributed by atoms with Crippen LogP contribution < -0.4 is 5.73 Å². The molecule has 2 aromatic rings. The van der Waals surface area contributed by atoms with Crippen LogP contribution in [0.1, 0.15) is 52.7 Å². The van der Waals surface area contributed by atoms with Gasteiger partial charge in [-0.1, -0.05) is 12.1 Å². The molecule has 1 aliphatic rings. The van der Waals surface area contributed by atoms with Gasteiger partial charge in [0, 0.05) is 23.9 Å². The molecule has 1 aliphatic heterocycles. The molecular formula is C19H32N7O5P. The second-order valence-electron chi connectivity index (χ2n) is 7.99. The largest absolute Gasteiger partial charge is 0.394 e. The van der Waals surface area contributed by atoms with Crippen molar-refractivity contribution in [2.45, 2.75) is 77.5 Å². The maximum Gasteiger partial charge on any atom is 0.347 e. The van der Waals surface area contributed by atoms with Gasteiger partial charge in [-0.25, -0.2) is 14.6 Å². The Morgan fingerprint density at radius 1 is 1.34 bits per heavy atom. The molecule has 0 bridgehead atoms. The number of fused-ring (bicyclic) bond motifs is 1. The van der Waals surface area contributed by atoms with Crippen LogP contribution >= 0.6 is 8.53 Å². The van der Waals surface area contributed by atoms with Crippen LogP contribution in [0, 0.1) is 0 Å². The monoisotopic (exact) mass is 469 g/mol. The zero-order valence-electron chi connectivity index (χ0n) is 18.9. The molecule has 2 aromatic heterocycles. The van der Waals surface area contributed by atoms with Crippen LogP contribution in [0.3, 0.4) is 0 Å². The summed E-state index contributed by atoms with van der Waals surface area (Å²) in [6.07, 6.45) is 1.61. The summed E-state index contributed by atoms with van der Waals surface area (Å²) in [4.78, 5) is 8.12. The van der Waals surface area contributed by atoms with Crippen molar-refractivity contribution in [3.63, 3.8) is 0 Å². The van der Waals surface area contributed by atoms with E-state index in [-0.39, 0.29) is 24.6 Å². The van der Waals surface area contributed by atoms with E-state index in [0.29, 0.717) is 17.6 Å². The number of ether oxygens (including phenoxy) is 1. The number of aromatic nitrogens is 4. The van der Waals surface area contributed by atoms with E-state index in [1.165, 1.54) is 17.0 Å². The number of oxime groups is 1. The van der Waals surface area contributed by atoms with Gasteiger partial charge in [-0.15, -0.1) is 0 Å². The van der Waals surface area contributed by atoms with Gasteiger partial charge < -0.3 is 29.8 Å². The Morgan fingerprint density at radius 3 is 2.69 bits per heavy atom. The molecule has 0 radical (unpaired) electrons. The fourth-order valence-corrected chi connectivity index (χ4v) is 5.27. The minimum absolute atomic E-state index is 0.0973. The van der Waals surface area contributed by atoms with Crippen LogP contribution in [0.25, 0.3) is 5.65 Å². The van der Waals surface area contributed by atoms with E-state index in [4.69, 9.17) is 19.6 Å². The van der Waals surface area contributed by atoms with E-state index < -0.39 is 32.9 Å². The maximum absolute atomic E-state index is 11.2. The van der Waals surface area contributed by atoms with Gasteiger partial charge in [-0.3, -0.25) is 0 Å². The van der Waals surface area contributed by atoms with Crippen molar-refractivity contribution in [1.82, 2.24) is 24.3 Å². The summed E-state index contributed by atoms with van der Waals surface area (Å²) in [5.41, 5.74) is 6.78. The Kier molecular flexibility index (Phi) is 8.32. The molecule has 178 valence electrons. The zero-order valence-corrected chi connectivity index (χ0v) is 19.8. The lowest BCUT2D eigenvalue weighted by Crippen LogP contribution is -2.39. The first-order valence-corrected chi connectivity index (χ1v) is 11.8. The number of hydrogen-bond acceptors (Lipinski definition) is 11. The number of nitrogens with two attached hydrogens (primary N) is 1. The average Bonchev–Trinajstić information content (AvgIpc) is 3.30. The van der Waals surface area contributed by atoms with Crippen molar-refractivity contribution in [2.75, 3.05) is 12.3 Å². The van der Waals surface area contributed by atoms with E-state index in [9.17, 15) is 10.2 Å². The highest BCUT2D eigenvalue weighted by molar-refractivity contribution is 7.44. The second-order valence-corrected chi connectivity index (χ2v) is 9.30. The van der Waals surface area contributed by atoms with Gasteiger partial charge in [0.1, 0.15) is 30.7 Å². The van der Waals surface area contributed by atoms with Gasteiger partial charge in [0.15, 0.2) is 5.65 Å². The van der Waals surface area contributed by atoms with Crippen molar-refractivity contribution >= 4 is 26.3 Å². The summed E-state index contributed by atoms with van der Waals surface area (Å²) in [6.45, 7) is 9.72. The van der Waals surface area contributed by atoms with Gasteiger partial charge in [0.05, 0.1) is 12.8 Å². The number of nitrogen functional groups attached to an aromatic ring is 1. The van der Waals surface area contributed by atoms with Crippen molar-refractivity contribution < 1.29 is 24.1 Å². The molecule has 5 atom stereocenters. The topological polar surface area (TPSA) is 153 Å². The minimum atomic E-state index is -1.68. The highest BCUT2D eigenvalue weighted by Crippen LogP contribution is 2.50. The molecule has 0 spiro atoms. The molecule has 13 heteroatoms. The molecule has 4 N–H and O–H groups in total. The lowest BCUT2D eigenvalue weighted by atomic mass is 10.0.